The Morgan fingerprint density at radius 2 is 1.55 bits per heavy atom. The van der Waals surface area contributed by atoms with Crippen molar-refractivity contribution in [1.29, 1.82) is 5.26 Å². The van der Waals surface area contributed by atoms with Gasteiger partial charge in [0.1, 0.15) is 6.07 Å². The summed E-state index contributed by atoms with van der Waals surface area (Å²) in [6.45, 7) is 0.264. The number of para-hydroxylation sites is 1. The van der Waals surface area contributed by atoms with E-state index in [-0.39, 0.29) is 18.8 Å². The second kappa shape index (κ2) is 11.2. The average Bonchev–Trinajstić information content (AvgIpc) is 3.75. The van der Waals surface area contributed by atoms with Crippen molar-refractivity contribution in [3.8, 4) is 43.2 Å². The summed E-state index contributed by atoms with van der Waals surface area (Å²) in [6.07, 6.45) is 1.57. The maximum Gasteiger partial charge on any atom is 0.299 e. The Hall–Kier alpha value is -4.74. The summed E-state index contributed by atoms with van der Waals surface area (Å²) in [4.78, 5) is 14.8. The summed E-state index contributed by atoms with van der Waals surface area (Å²) in [5, 5.41) is 19.9. The van der Waals surface area contributed by atoms with E-state index in [1.807, 2.05) is 36.4 Å². The topological polar surface area (TPSA) is 75.2 Å². The number of fused-ring (bicyclic) bond motifs is 1. The van der Waals surface area contributed by atoms with Gasteiger partial charge >= 0.3 is 0 Å². The number of nitrogens with zero attached hydrogens (tertiary/aromatic N) is 2. The van der Waals surface area contributed by atoms with Gasteiger partial charge in [-0.05, 0) is 53.6 Å². The molecule has 0 radical (unpaired) electrons. The van der Waals surface area contributed by atoms with Crippen LogP contribution in [0.2, 0.25) is 0 Å². The third-order valence-electron chi connectivity index (χ3n) is 6.58. The van der Waals surface area contributed by atoms with Crippen LogP contribution < -0.4 is 0 Å². The number of nitriles is 1. The van der Waals surface area contributed by atoms with Crippen molar-refractivity contribution in [2.75, 3.05) is 0 Å². The van der Waals surface area contributed by atoms with E-state index in [1.54, 1.807) is 17.4 Å². The van der Waals surface area contributed by atoms with Crippen LogP contribution in [0.1, 0.15) is 10.4 Å². The predicted octanol–water partition coefficient (Wildman–Crippen LogP) is 8.28. The van der Waals surface area contributed by atoms with Crippen molar-refractivity contribution in [3.63, 3.8) is 0 Å². The summed E-state index contributed by atoms with van der Waals surface area (Å²) in [5.41, 5.74) is 6.37. The quantitative estimate of drug-likeness (QED) is 0.116. The first kappa shape index (κ1) is 25.5. The molecule has 0 aliphatic rings. The first-order valence-electron chi connectivity index (χ1n) is 12.5. The molecule has 6 rings (SSSR count). The molecule has 0 bridgehead atoms. The number of aliphatic hydroxyl groups excluding tert-OH is 1. The molecule has 0 amide bonds. The Morgan fingerprint density at radius 1 is 0.850 bits per heavy atom. The van der Waals surface area contributed by atoms with Crippen molar-refractivity contribution in [2.24, 2.45) is 0 Å². The second-order valence-corrected chi connectivity index (χ2v) is 11.2. The molecule has 0 aliphatic carbocycles. The Labute approximate surface area is 239 Å². The molecule has 3 aromatic heterocycles. The fourth-order valence-electron chi connectivity index (χ4n) is 4.82. The van der Waals surface area contributed by atoms with Crippen LogP contribution in [-0.4, -0.2) is 16.1 Å². The van der Waals surface area contributed by atoms with Crippen LogP contribution in [-0.2, 0) is 16.1 Å². The Balaban J connectivity index is 1.52. The molecule has 6 aromatic rings. The number of hydrogen-bond acceptors (Lipinski definition) is 6. The first-order chi connectivity index (χ1) is 19.7. The SMILES string of the molecule is N#CC(=Cc1ccc(-c2ccc(-c3c(-c4ccccc4)n(-c4ccc(CO)cc4)c4ccccc34)s2)s1)OC=O. The lowest BCUT2D eigenvalue weighted by Gasteiger charge is -2.13. The van der Waals surface area contributed by atoms with Gasteiger partial charge in [0.25, 0.3) is 6.47 Å². The van der Waals surface area contributed by atoms with Gasteiger partial charge < -0.3 is 14.4 Å². The smallest absolute Gasteiger partial charge is 0.299 e. The predicted molar refractivity (Wildman–Crippen MR) is 162 cm³/mol. The maximum atomic E-state index is 10.7. The van der Waals surface area contributed by atoms with E-state index in [2.05, 4.69) is 77.4 Å². The van der Waals surface area contributed by atoms with E-state index in [0.717, 1.165) is 58.5 Å². The molecular weight excluding hydrogens is 537 g/mol. The first-order valence-corrected chi connectivity index (χ1v) is 14.1. The van der Waals surface area contributed by atoms with Crippen molar-refractivity contribution in [2.45, 2.75) is 6.61 Å². The van der Waals surface area contributed by atoms with E-state index < -0.39 is 0 Å². The largest absolute Gasteiger partial charge is 0.417 e. The number of carbonyl (C=O) groups is 1. The number of ether oxygens (including phenoxy) is 1. The van der Waals surface area contributed by atoms with Crippen molar-refractivity contribution < 1.29 is 14.6 Å². The van der Waals surface area contributed by atoms with E-state index in [9.17, 15) is 15.2 Å². The molecule has 194 valence electrons. The highest BCUT2D eigenvalue weighted by Crippen LogP contribution is 2.47. The number of allylic oxidation sites excluding steroid dienone is 1. The zero-order valence-electron chi connectivity index (χ0n) is 21.2. The van der Waals surface area contributed by atoms with Gasteiger partial charge in [-0.25, -0.2) is 0 Å². The summed E-state index contributed by atoms with van der Waals surface area (Å²) in [5.74, 6) is -0.0393. The van der Waals surface area contributed by atoms with Crippen LogP contribution in [0, 0.1) is 11.3 Å². The van der Waals surface area contributed by atoms with Gasteiger partial charge in [-0.2, -0.15) is 5.26 Å². The zero-order valence-corrected chi connectivity index (χ0v) is 22.8. The molecule has 7 heteroatoms. The normalized spacial score (nSPS) is 11.4. The molecule has 0 fully saturated rings. The van der Waals surface area contributed by atoms with E-state index in [0.29, 0.717) is 0 Å². The highest BCUT2D eigenvalue weighted by Gasteiger charge is 2.22. The fourth-order valence-corrected chi connectivity index (χ4v) is 6.92. The molecule has 0 saturated carbocycles. The van der Waals surface area contributed by atoms with Gasteiger partial charge in [-0.3, -0.25) is 4.79 Å². The number of benzene rings is 3. The van der Waals surface area contributed by atoms with Gasteiger partial charge in [0.15, 0.2) is 0 Å². The summed E-state index contributed by atoms with van der Waals surface area (Å²) in [7, 11) is 0. The van der Waals surface area contributed by atoms with Gasteiger partial charge in [0.2, 0.25) is 5.76 Å². The van der Waals surface area contributed by atoms with Crippen molar-refractivity contribution >= 4 is 46.1 Å². The fraction of sp³-hybridized carbons (Fsp3) is 0.0303. The summed E-state index contributed by atoms with van der Waals surface area (Å²) in [6, 6.07) is 37.0. The van der Waals surface area contributed by atoms with Gasteiger partial charge in [-0.1, -0.05) is 60.7 Å². The minimum absolute atomic E-state index is 0.00360. The number of hydrogen-bond donors (Lipinski definition) is 1. The number of thiophene rings is 2. The third-order valence-corrected chi connectivity index (χ3v) is 8.91. The highest BCUT2D eigenvalue weighted by molar-refractivity contribution is 7.24. The maximum absolute atomic E-state index is 10.7. The van der Waals surface area contributed by atoms with Crippen LogP contribution in [0.3, 0.4) is 0 Å². The molecule has 3 aromatic carbocycles. The molecule has 3 heterocycles. The van der Waals surface area contributed by atoms with Gasteiger partial charge in [-0.15, -0.1) is 22.7 Å². The monoisotopic (exact) mass is 558 g/mol. The Bertz CT molecular complexity index is 1890. The average molecular weight is 559 g/mol. The van der Waals surface area contributed by atoms with Crippen LogP contribution in [0.25, 0.3) is 54.1 Å². The van der Waals surface area contributed by atoms with Crippen molar-refractivity contribution in [1.82, 2.24) is 4.57 Å². The number of aromatic nitrogens is 1. The number of carbonyl (C=O) groups excluding carboxylic acids is 1. The van der Waals surface area contributed by atoms with Crippen LogP contribution in [0.4, 0.5) is 0 Å². The molecule has 1 N–H and O–H groups in total. The molecule has 40 heavy (non-hydrogen) atoms. The van der Waals surface area contributed by atoms with Crippen LogP contribution in [0.15, 0.2) is 109 Å². The lowest BCUT2D eigenvalue weighted by Crippen LogP contribution is -1.98. The highest BCUT2D eigenvalue weighted by atomic mass is 32.1. The zero-order chi connectivity index (χ0) is 27.5. The molecular formula is C33H22N2O3S2. The van der Waals surface area contributed by atoms with Crippen LogP contribution >= 0.6 is 22.7 Å². The Kier molecular flexibility index (Phi) is 7.13. The third kappa shape index (κ3) is 4.76. The summed E-state index contributed by atoms with van der Waals surface area (Å²) >= 11 is 3.25. The Morgan fingerprint density at radius 3 is 2.30 bits per heavy atom. The van der Waals surface area contributed by atoms with E-state index in [4.69, 9.17) is 4.74 Å². The van der Waals surface area contributed by atoms with E-state index in [1.165, 1.54) is 11.3 Å². The molecule has 0 spiro atoms. The minimum Gasteiger partial charge on any atom is -0.417 e. The standard InChI is InChI=1S/C33H22N2O3S2/c34-19-25(38-21-37)18-26-14-15-29(39-26)30-16-17-31(40-30)32-27-8-4-5-9-28(27)35(24-12-10-22(20-36)11-13-24)33(32)23-6-2-1-3-7-23/h1-18,21,36H,20H2. The number of aliphatic hydroxyl groups is 1. The van der Waals surface area contributed by atoms with Gasteiger partial charge in [0, 0.05) is 42.2 Å². The molecule has 0 unspecified atom stereocenters. The van der Waals surface area contributed by atoms with Gasteiger partial charge in [0.05, 0.1) is 17.8 Å². The molecule has 0 aliphatic heterocycles. The second-order valence-electron chi connectivity index (χ2n) is 8.97. The molecule has 0 saturated heterocycles. The summed E-state index contributed by atoms with van der Waals surface area (Å²) < 4.78 is 7.03. The van der Waals surface area contributed by atoms with Crippen molar-refractivity contribution in [3.05, 3.63) is 119 Å². The van der Waals surface area contributed by atoms with E-state index >= 15 is 0 Å². The molecule has 0 atom stereocenters. The molecule has 5 nitrogen and oxygen atoms in total. The van der Waals surface area contributed by atoms with Crippen LogP contribution in [0.5, 0.6) is 0 Å². The minimum atomic E-state index is -0.0393. The lowest BCUT2D eigenvalue weighted by atomic mass is 10.0. The number of rotatable bonds is 8. The lowest BCUT2D eigenvalue weighted by molar-refractivity contribution is -0.124.